The van der Waals surface area contributed by atoms with Gasteiger partial charge in [-0.25, -0.2) is 8.42 Å². The summed E-state index contributed by atoms with van der Waals surface area (Å²) in [5.41, 5.74) is 7.12. The van der Waals surface area contributed by atoms with Crippen LogP contribution < -0.4 is 34.5 Å². The van der Waals surface area contributed by atoms with Gasteiger partial charge < -0.3 is 14.2 Å². The van der Waals surface area contributed by atoms with Crippen LogP contribution in [0.1, 0.15) is 17.5 Å². The summed E-state index contributed by atoms with van der Waals surface area (Å²) >= 11 is 3.57. The van der Waals surface area contributed by atoms with Crippen LogP contribution in [0, 0.1) is 0 Å². The van der Waals surface area contributed by atoms with Crippen molar-refractivity contribution in [2.45, 2.75) is 12.5 Å². The van der Waals surface area contributed by atoms with Crippen LogP contribution in [0.25, 0.3) is 5.57 Å². The number of benzene rings is 3. The van der Waals surface area contributed by atoms with E-state index >= 15 is 0 Å². The van der Waals surface area contributed by atoms with Crippen molar-refractivity contribution < 1.29 is 47.3 Å². The molecule has 0 bridgehead atoms. The molecular formula is C26H24NNaO4S3. The van der Waals surface area contributed by atoms with Crippen LogP contribution in [0.5, 0.6) is 0 Å². The minimum atomic E-state index is -4.18. The van der Waals surface area contributed by atoms with E-state index in [0.717, 1.165) is 28.6 Å². The third-order valence-corrected chi connectivity index (χ3v) is 9.25. The van der Waals surface area contributed by atoms with E-state index in [4.69, 9.17) is 4.74 Å². The normalized spacial score (nSPS) is 17.4. The van der Waals surface area contributed by atoms with E-state index in [1.165, 1.54) is 20.9 Å². The van der Waals surface area contributed by atoms with Crippen LogP contribution in [-0.4, -0.2) is 42.9 Å². The van der Waals surface area contributed by atoms with Gasteiger partial charge in [0.1, 0.15) is 0 Å². The molecular weight excluding hydrogens is 509 g/mol. The summed E-state index contributed by atoms with van der Waals surface area (Å²) in [6, 6.07) is 27.5. The molecule has 0 atom stereocenters. The SMILES string of the molecule is O=S(=O)([O-])CCCOC1CSC(=C2c3ccccc3N(c3ccccc3)c3ccccc32)SC1.[Na+]. The van der Waals surface area contributed by atoms with E-state index in [0.29, 0.717) is 0 Å². The smallest absolute Gasteiger partial charge is 0.748 e. The average molecular weight is 534 g/mol. The summed E-state index contributed by atoms with van der Waals surface area (Å²) in [6.45, 7) is 0.289. The summed E-state index contributed by atoms with van der Waals surface area (Å²) in [5.74, 6) is 1.21. The molecule has 0 amide bonds. The van der Waals surface area contributed by atoms with Crippen molar-refractivity contribution in [3.05, 3.63) is 94.2 Å². The predicted molar refractivity (Wildman–Crippen MR) is 141 cm³/mol. The quantitative estimate of drug-likeness (QED) is 0.214. The zero-order valence-corrected chi connectivity index (χ0v) is 23.9. The van der Waals surface area contributed by atoms with Crippen LogP contribution >= 0.6 is 23.5 Å². The zero-order valence-electron chi connectivity index (χ0n) is 19.4. The van der Waals surface area contributed by atoms with E-state index in [9.17, 15) is 13.0 Å². The fourth-order valence-electron chi connectivity index (χ4n) is 4.26. The van der Waals surface area contributed by atoms with Gasteiger partial charge in [0, 0.05) is 50.5 Å². The zero-order chi connectivity index (χ0) is 23.5. The Morgan fingerprint density at radius 3 is 1.97 bits per heavy atom. The standard InChI is InChI=1S/C26H25NO4S3.Na/c28-34(29,30)16-8-15-31-20-17-32-26(33-18-20)25-21-11-4-6-13-23(21)27(19-9-2-1-3-10-19)24-14-7-5-12-22(24)25;/h1-7,9-14,20H,8,15-18H2,(H,28,29,30);/q;+1/p-1. The molecule has 0 unspecified atom stereocenters. The first-order chi connectivity index (χ1) is 16.5. The minimum Gasteiger partial charge on any atom is -0.748 e. The third kappa shape index (κ3) is 6.19. The van der Waals surface area contributed by atoms with Crippen molar-refractivity contribution in [2.24, 2.45) is 0 Å². The van der Waals surface area contributed by atoms with E-state index in [1.54, 1.807) is 23.5 Å². The maximum absolute atomic E-state index is 10.8. The molecule has 9 heteroatoms. The summed E-state index contributed by atoms with van der Waals surface area (Å²) in [7, 11) is -4.18. The van der Waals surface area contributed by atoms with Gasteiger partial charge in [-0.3, -0.25) is 0 Å². The van der Waals surface area contributed by atoms with Gasteiger partial charge in [0.25, 0.3) is 0 Å². The van der Waals surface area contributed by atoms with E-state index in [2.05, 4.69) is 77.7 Å². The van der Waals surface area contributed by atoms with Crippen LogP contribution in [-0.2, 0) is 14.9 Å². The third-order valence-electron chi connectivity index (χ3n) is 5.74. The van der Waals surface area contributed by atoms with Crippen molar-refractivity contribution in [3.8, 4) is 0 Å². The molecule has 2 aliphatic heterocycles. The Hall–Kier alpha value is -1.23. The fourth-order valence-corrected chi connectivity index (χ4v) is 7.46. The van der Waals surface area contributed by atoms with Gasteiger partial charge in [-0.2, -0.15) is 0 Å². The molecule has 0 aromatic heterocycles. The molecule has 3 aromatic rings. The molecule has 3 aromatic carbocycles. The number of thioether (sulfide) groups is 2. The number of hydrogen-bond acceptors (Lipinski definition) is 7. The Labute approximate surface area is 237 Å². The first-order valence-corrected chi connectivity index (χ1v) is 14.6. The molecule has 0 N–H and O–H groups in total. The fraction of sp³-hybridized carbons (Fsp3) is 0.231. The van der Waals surface area contributed by atoms with Crippen molar-refractivity contribution in [1.82, 2.24) is 0 Å². The Morgan fingerprint density at radius 1 is 0.857 bits per heavy atom. The number of para-hydroxylation sites is 3. The monoisotopic (exact) mass is 533 g/mol. The molecule has 2 heterocycles. The Balaban J connectivity index is 0.00000289. The molecule has 1 fully saturated rings. The summed E-state index contributed by atoms with van der Waals surface area (Å²) < 4.78 is 39.5. The number of ether oxygens (including phenoxy) is 1. The molecule has 0 saturated carbocycles. The number of rotatable bonds is 6. The first kappa shape index (κ1) is 26.8. The molecule has 0 aliphatic carbocycles. The average Bonchev–Trinajstić information content (AvgIpc) is 2.85. The van der Waals surface area contributed by atoms with Gasteiger partial charge in [-0.05, 0) is 30.7 Å². The van der Waals surface area contributed by atoms with Crippen LogP contribution in [0.3, 0.4) is 0 Å². The second-order valence-electron chi connectivity index (χ2n) is 8.10. The van der Waals surface area contributed by atoms with Crippen molar-refractivity contribution >= 4 is 56.3 Å². The van der Waals surface area contributed by atoms with E-state index in [1.807, 2.05) is 6.07 Å². The van der Waals surface area contributed by atoms with Crippen molar-refractivity contribution in [3.63, 3.8) is 0 Å². The van der Waals surface area contributed by atoms with Gasteiger partial charge in [0.15, 0.2) is 0 Å². The Bertz CT molecular complexity index is 1260. The summed E-state index contributed by atoms with van der Waals surface area (Å²) in [4.78, 5) is 2.32. The van der Waals surface area contributed by atoms with Crippen molar-refractivity contribution in [1.29, 1.82) is 0 Å². The Morgan fingerprint density at radius 2 is 1.40 bits per heavy atom. The predicted octanol–water partition coefficient (Wildman–Crippen LogP) is 2.99. The molecule has 0 spiro atoms. The Kier molecular flexibility index (Phi) is 9.10. The maximum atomic E-state index is 10.8. The van der Waals surface area contributed by atoms with Crippen LogP contribution in [0.15, 0.2) is 83.1 Å². The van der Waals surface area contributed by atoms with Gasteiger partial charge in [0.05, 0.1) is 27.6 Å². The minimum absolute atomic E-state index is 0. The number of nitrogens with zero attached hydrogens (tertiary/aromatic N) is 1. The van der Waals surface area contributed by atoms with Crippen LogP contribution in [0.4, 0.5) is 17.1 Å². The molecule has 1 saturated heterocycles. The van der Waals surface area contributed by atoms with Gasteiger partial charge in [-0.15, -0.1) is 23.5 Å². The molecule has 5 rings (SSSR count). The molecule has 0 radical (unpaired) electrons. The molecule has 35 heavy (non-hydrogen) atoms. The first-order valence-electron chi connectivity index (χ1n) is 11.1. The number of anilines is 3. The molecule has 176 valence electrons. The van der Waals surface area contributed by atoms with E-state index in [-0.39, 0.29) is 54.4 Å². The van der Waals surface area contributed by atoms with Gasteiger partial charge >= 0.3 is 29.6 Å². The topological polar surface area (TPSA) is 69.7 Å². The van der Waals surface area contributed by atoms with Crippen molar-refractivity contribution in [2.75, 3.05) is 28.8 Å². The number of hydrogen-bond donors (Lipinski definition) is 0. The largest absolute Gasteiger partial charge is 1.00 e. The van der Waals surface area contributed by atoms with Gasteiger partial charge in [0.2, 0.25) is 0 Å². The molecule has 5 nitrogen and oxygen atoms in total. The van der Waals surface area contributed by atoms with E-state index < -0.39 is 10.1 Å². The maximum Gasteiger partial charge on any atom is 1.00 e. The van der Waals surface area contributed by atoms with Crippen LogP contribution in [0.2, 0.25) is 0 Å². The summed E-state index contributed by atoms with van der Waals surface area (Å²) in [6.07, 6.45) is 0.269. The van der Waals surface area contributed by atoms with Gasteiger partial charge in [-0.1, -0.05) is 54.6 Å². The number of fused-ring (bicyclic) bond motifs is 2. The second-order valence-corrected chi connectivity index (χ2v) is 11.9. The summed E-state index contributed by atoms with van der Waals surface area (Å²) in [5, 5.41) is 0. The second kappa shape index (κ2) is 11.9. The molecule has 2 aliphatic rings.